The molecule has 0 atom stereocenters. The summed E-state index contributed by atoms with van der Waals surface area (Å²) in [6.07, 6.45) is 0. The minimum atomic E-state index is 0.801. The Morgan fingerprint density at radius 2 is 1.92 bits per heavy atom. The molecule has 1 heterocycles. The lowest BCUT2D eigenvalue weighted by atomic mass is 10.2. The van der Waals surface area contributed by atoms with E-state index in [4.69, 9.17) is 0 Å². The van der Waals surface area contributed by atoms with Gasteiger partial charge in [-0.15, -0.1) is 0 Å². The van der Waals surface area contributed by atoms with Crippen molar-refractivity contribution in [1.29, 1.82) is 0 Å². The van der Waals surface area contributed by atoms with Crippen LogP contribution in [-0.4, -0.2) is 4.98 Å². The molecule has 0 fully saturated rings. The van der Waals surface area contributed by atoms with Gasteiger partial charge in [-0.25, -0.2) is 0 Å². The van der Waals surface area contributed by atoms with Gasteiger partial charge in [0, 0.05) is 15.2 Å². The van der Waals surface area contributed by atoms with Crippen LogP contribution in [0.25, 0.3) is 10.9 Å². The Labute approximate surface area is 93.4 Å². The largest absolute Gasteiger partial charge is 0.252 e. The monoisotopic (exact) mass is 299 g/mol. The number of aromatic nitrogens is 1. The van der Waals surface area contributed by atoms with E-state index in [-0.39, 0.29) is 0 Å². The van der Waals surface area contributed by atoms with Gasteiger partial charge in [-0.2, -0.15) is 0 Å². The summed E-state index contributed by atoms with van der Waals surface area (Å²) >= 11 is 6.81. The van der Waals surface area contributed by atoms with E-state index >= 15 is 0 Å². The van der Waals surface area contributed by atoms with E-state index in [1.807, 2.05) is 18.2 Å². The van der Waals surface area contributed by atoms with Crippen LogP contribution in [-0.2, 0) is 5.33 Å². The van der Waals surface area contributed by atoms with Gasteiger partial charge in [-0.3, -0.25) is 4.98 Å². The predicted molar refractivity (Wildman–Crippen MR) is 62.1 cm³/mol. The number of benzene rings is 1. The van der Waals surface area contributed by atoms with Crippen molar-refractivity contribution in [2.75, 3.05) is 0 Å². The molecular weight excluding hydrogens is 294 g/mol. The first kappa shape index (κ1) is 9.16. The summed E-state index contributed by atoms with van der Waals surface area (Å²) < 4.78 is 1.07. The maximum Gasteiger partial charge on any atom is 0.0716 e. The summed E-state index contributed by atoms with van der Waals surface area (Å²) in [7, 11) is 0. The standard InChI is InChI=1S/C10H7Br2N/c11-6-9-4-2-7-1-3-8(12)5-10(7)13-9/h1-5H,6H2. The Balaban J connectivity index is 2.68. The Hall–Kier alpha value is -0.410. The van der Waals surface area contributed by atoms with Crippen molar-refractivity contribution >= 4 is 42.8 Å². The molecule has 0 saturated carbocycles. The fourth-order valence-corrected chi connectivity index (χ4v) is 1.87. The molecule has 2 rings (SSSR count). The van der Waals surface area contributed by atoms with E-state index in [1.165, 1.54) is 5.39 Å². The quantitative estimate of drug-likeness (QED) is 0.728. The van der Waals surface area contributed by atoms with Gasteiger partial charge in [0.2, 0.25) is 0 Å². The average molecular weight is 301 g/mol. The van der Waals surface area contributed by atoms with Gasteiger partial charge in [0.15, 0.2) is 0 Å². The maximum atomic E-state index is 4.48. The Bertz CT molecular complexity index is 440. The highest BCUT2D eigenvalue weighted by Crippen LogP contribution is 2.18. The number of rotatable bonds is 1. The molecule has 13 heavy (non-hydrogen) atoms. The van der Waals surface area contributed by atoms with Crippen molar-refractivity contribution in [2.24, 2.45) is 0 Å². The van der Waals surface area contributed by atoms with E-state index in [1.54, 1.807) is 0 Å². The van der Waals surface area contributed by atoms with Crippen molar-refractivity contribution in [3.05, 3.63) is 40.5 Å². The van der Waals surface area contributed by atoms with Crippen molar-refractivity contribution in [2.45, 2.75) is 5.33 Å². The van der Waals surface area contributed by atoms with E-state index < -0.39 is 0 Å². The second kappa shape index (κ2) is 3.76. The minimum Gasteiger partial charge on any atom is -0.252 e. The Morgan fingerprint density at radius 1 is 1.15 bits per heavy atom. The third-order valence-electron chi connectivity index (χ3n) is 1.85. The van der Waals surface area contributed by atoms with Crippen LogP contribution < -0.4 is 0 Å². The summed E-state index contributed by atoms with van der Waals surface area (Å²) in [5.74, 6) is 0. The number of halogens is 2. The molecule has 0 spiro atoms. The van der Waals surface area contributed by atoms with Crippen LogP contribution in [0, 0.1) is 0 Å². The van der Waals surface area contributed by atoms with E-state index in [0.717, 1.165) is 21.0 Å². The molecule has 2 aromatic rings. The topological polar surface area (TPSA) is 12.9 Å². The van der Waals surface area contributed by atoms with E-state index in [9.17, 15) is 0 Å². The normalized spacial score (nSPS) is 10.6. The van der Waals surface area contributed by atoms with Gasteiger partial charge in [0.05, 0.1) is 11.2 Å². The van der Waals surface area contributed by atoms with Gasteiger partial charge in [-0.1, -0.05) is 44.0 Å². The van der Waals surface area contributed by atoms with Crippen molar-refractivity contribution in [3.8, 4) is 0 Å². The second-order valence-electron chi connectivity index (χ2n) is 2.77. The van der Waals surface area contributed by atoms with Crippen LogP contribution in [0.3, 0.4) is 0 Å². The molecule has 0 N–H and O–H groups in total. The van der Waals surface area contributed by atoms with Crippen molar-refractivity contribution in [3.63, 3.8) is 0 Å². The van der Waals surface area contributed by atoms with Gasteiger partial charge in [-0.05, 0) is 18.2 Å². The smallest absolute Gasteiger partial charge is 0.0716 e. The fraction of sp³-hybridized carbons (Fsp3) is 0.100. The number of nitrogens with zero attached hydrogens (tertiary/aromatic N) is 1. The van der Waals surface area contributed by atoms with Crippen molar-refractivity contribution in [1.82, 2.24) is 4.98 Å². The number of pyridine rings is 1. The average Bonchev–Trinajstić information content (AvgIpc) is 2.16. The first-order valence-electron chi connectivity index (χ1n) is 3.91. The Morgan fingerprint density at radius 3 is 2.69 bits per heavy atom. The lowest BCUT2D eigenvalue weighted by Gasteiger charge is -1.99. The molecule has 3 heteroatoms. The molecule has 66 valence electrons. The van der Waals surface area contributed by atoms with Crippen LogP contribution in [0.1, 0.15) is 5.69 Å². The van der Waals surface area contributed by atoms with Gasteiger partial charge >= 0.3 is 0 Å². The highest BCUT2D eigenvalue weighted by atomic mass is 79.9. The summed E-state index contributed by atoms with van der Waals surface area (Å²) in [5, 5.41) is 1.98. The number of hydrogen-bond acceptors (Lipinski definition) is 1. The zero-order chi connectivity index (χ0) is 9.26. The van der Waals surface area contributed by atoms with Gasteiger partial charge in [0.25, 0.3) is 0 Å². The lowest BCUT2D eigenvalue weighted by Crippen LogP contribution is -1.85. The zero-order valence-corrected chi connectivity index (χ0v) is 9.97. The summed E-state index contributed by atoms with van der Waals surface area (Å²) in [5.41, 5.74) is 2.09. The Kier molecular flexibility index (Phi) is 2.65. The highest BCUT2D eigenvalue weighted by molar-refractivity contribution is 9.10. The highest BCUT2D eigenvalue weighted by Gasteiger charge is 1.97. The molecular formula is C10H7Br2N. The third-order valence-corrected chi connectivity index (χ3v) is 2.92. The van der Waals surface area contributed by atoms with Gasteiger partial charge in [0.1, 0.15) is 0 Å². The van der Waals surface area contributed by atoms with Crippen LogP contribution in [0.4, 0.5) is 0 Å². The summed E-state index contributed by atoms with van der Waals surface area (Å²) in [4.78, 5) is 4.48. The maximum absolute atomic E-state index is 4.48. The third kappa shape index (κ3) is 1.92. The molecule has 1 aromatic heterocycles. The van der Waals surface area contributed by atoms with Crippen LogP contribution in [0.5, 0.6) is 0 Å². The minimum absolute atomic E-state index is 0.801. The fourth-order valence-electron chi connectivity index (χ4n) is 1.21. The van der Waals surface area contributed by atoms with Crippen LogP contribution in [0.15, 0.2) is 34.8 Å². The zero-order valence-electron chi connectivity index (χ0n) is 6.80. The number of hydrogen-bond donors (Lipinski definition) is 0. The molecule has 1 nitrogen and oxygen atoms in total. The predicted octanol–water partition coefficient (Wildman–Crippen LogP) is 3.89. The van der Waals surface area contributed by atoms with Crippen molar-refractivity contribution < 1.29 is 0 Å². The molecule has 0 radical (unpaired) electrons. The molecule has 0 aliphatic heterocycles. The van der Waals surface area contributed by atoms with Crippen LogP contribution in [0.2, 0.25) is 0 Å². The molecule has 0 aliphatic rings. The van der Waals surface area contributed by atoms with Crippen LogP contribution >= 0.6 is 31.9 Å². The first-order chi connectivity index (χ1) is 6.29. The molecule has 1 aromatic carbocycles. The molecule has 0 bridgehead atoms. The first-order valence-corrected chi connectivity index (χ1v) is 5.82. The molecule has 0 saturated heterocycles. The lowest BCUT2D eigenvalue weighted by molar-refractivity contribution is 1.23. The SMILES string of the molecule is BrCc1ccc2ccc(Br)cc2n1. The molecule has 0 aliphatic carbocycles. The number of fused-ring (bicyclic) bond motifs is 1. The van der Waals surface area contributed by atoms with Gasteiger partial charge < -0.3 is 0 Å². The molecule has 0 amide bonds. The number of alkyl halides is 1. The second-order valence-corrected chi connectivity index (χ2v) is 4.25. The summed E-state index contributed by atoms with van der Waals surface area (Å²) in [6.45, 7) is 0. The van der Waals surface area contributed by atoms with E-state index in [2.05, 4.69) is 49.0 Å². The summed E-state index contributed by atoms with van der Waals surface area (Å²) in [6, 6.07) is 10.2. The van der Waals surface area contributed by atoms with E-state index in [0.29, 0.717) is 0 Å². The molecule has 0 unspecified atom stereocenters.